The van der Waals surface area contributed by atoms with Crippen LogP contribution in [0.3, 0.4) is 0 Å². The molecule has 6 aromatic rings. The number of aromatic nitrogens is 9. The van der Waals surface area contributed by atoms with Gasteiger partial charge in [0, 0.05) is 29.9 Å². The number of ketones is 4. The van der Waals surface area contributed by atoms with Gasteiger partial charge in [0.1, 0.15) is 46.5 Å². The van der Waals surface area contributed by atoms with Gasteiger partial charge in [-0.25, -0.2) is 4.68 Å². The molecule has 16 saturated carbocycles. The molecule has 18 heteroatoms. The fourth-order valence-electron chi connectivity index (χ4n) is 35.1. The average molecular weight is 1760 g/mol. The molecule has 4 aromatic heterocycles. The number of aliphatic hydroxyl groups is 4. The summed E-state index contributed by atoms with van der Waals surface area (Å²) in [5.41, 5.74) is 4.34. The minimum absolute atomic E-state index is 0.135. The number of pyridine rings is 1. The molecule has 0 aliphatic heterocycles. The van der Waals surface area contributed by atoms with Crippen molar-refractivity contribution < 1.29 is 39.6 Å². The lowest BCUT2D eigenvalue weighted by Gasteiger charge is -2.57. The van der Waals surface area contributed by atoms with E-state index in [4.69, 9.17) is 0 Å². The number of hydrogen-bond acceptors (Lipinski definition) is 14. The van der Waals surface area contributed by atoms with Crippen LogP contribution >= 0.6 is 15.9 Å². The first-order valence-electron chi connectivity index (χ1n) is 51.1. The fourth-order valence-corrected chi connectivity index (χ4v) is 35.5. The zero-order chi connectivity index (χ0) is 86.2. The molecular weight excluding hydrogens is 1610 g/mol. The van der Waals surface area contributed by atoms with E-state index in [1.165, 1.54) is 154 Å². The Morgan fingerprint density at radius 1 is 0.355 bits per heavy atom. The lowest BCUT2D eigenvalue weighted by molar-refractivity contribution is -0.134. The van der Waals surface area contributed by atoms with Gasteiger partial charge in [0.05, 0.1) is 46.0 Å². The number of carbonyl (C=O) groups is 4. The molecule has 0 saturated heterocycles. The van der Waals surface area contributed by atoms with Gasteiger partial charge in [-0.3, -0.25) is 28.8 Å². The molecule has 16 aliphatic rings. The molecule has 2 aromatic carbocycles. The first kappa shape index (κ1) is 88.1. The van der Waals surface area contributed by atoms with Crippen LogP contribution in [0, 0.1) is 164 Å². The summed E-state index contributed by atoms with van der Waals surface area (Å²) in [6.07, 6.45) is 49.8. The van der Waals surface area contributed by atoms with E-state index in [-0.39, 0.29) is 45.0 Å². The van der Waals surface area contributed by atoms with Crippen molar-refractivity contribution in [3.05, 3.63) is 73.1 Å². The van der Waals surface area contributed by atoms with Gasteiger partial charge in [0.15, 0.2) is 17.3 Å². The number of alkyl halides is 1. The van der Waals surface area contributed by atoms with Crippen molar-refractivity contribution in [1.82, 2.24) is 44.8 Å². The lowest BCUT2D eigenvalue weighted by atomic mass is 9.48. The number of para-hydroxylation sites is 1. The number of hydrogen-bond donors (Lipinski definition) is 4. The van der Waals surface area contributed by atoms with Gasteiger partial charge in [0.25, 0.3) is 0 Å². The second-order valence-corrected chi connectivity index (χ2v) is 47.0. The number of fused-ring (bicyclic) bond motifs is 23. The minimum Gasteiger partial charge on any atom is -0.390 e. The highest BCUT2D eigenvalue weighted by Crippen LogP contribution is 2.70. The van der Waals surface area contributed by atoms with Crippen molar-refractivity contribution >= 4 is 72.2 Å². The van der Waals surface area contributed by atoms with Crippen LogP contribution in [0.25, 0.3) is 33.1 Å². The third-order valence-corrected chi connectivity index (χ3v) is 42.3. The van der Waals surface area contributed by atoms with Crippen molar-refractivity contribution in [3.8, 4) is 0 Å². The Kier molecular flexibility index (Phi) is 24.6. The zero-order valence-electron chi connectivity index (χ0n) is 76.7. The van der Waals surface area contributed by atoms with Gasteiger partial charge in [-0.15, -0.1) is 5.10 Å². The van der Waals surface area contributed by atoms with Gasteiger partial charge in [-0.1, -0.05) is 101 Å². The molecular formula is C106H152BrN9O8. The molecule has 124 heavy (non-hydrogen) atoms. The number of Topliss-reactive ketones (excluding diaryl/α,β-unsaturated/α-hetero) is 4. The zero-order valence-corrected chi connectivity index (χ0v) is 78.3. The Balaban J connectivity index is 0.000000109. The molecule has 32 atom stereocenters. The molecule has 16 fully saturated rings. The second kappa shape index (κ2) is 34.5. The molecule has 676 valence electrons. The summed E-state index contributed by atoms with van der Waals surface area (Å²) < 4.78 is 3.62. The maximum absolute atomic E-state index is 13.6. The van der Waals surface area contributed by atoms with Crippen LogP contribution in [0.5, 0.6) is 0 Å². The van der Waals surface area contributed by atoms with Gasteiger partial charge >= 0.3 is 0 Å². The highest BCUT2D eigenvalue weighted by molar-refractivity contribution is 9.09. The van der Waals surface area contributed by atoms with E-state index in [1.807, 2.05) is 76.2 Å². The summed E-state index contributed by atoms with van der Waals surface area (Å²) >= 11 is 3.42. The molecule has 22 rings (SSSR count). The van der Waals surface area contributed by atoms with Crippen LogP contribution in [-0.4, -0.2) is 116 Å². The van der Waals surface area contributed by atoms with E-state index in [0.717, 1.165) is 225 Å². The van der Waals surface area contributed by atoms with Crippen LogP contribution in [0.4, 0.5) is 0 Å². The number of carbonyl (C=O) groups excluding carboxylic acids is 4. The summed E-state index contributed by atoms with van der Waals surface area (Å²) in [5, 5.41) is 66.3. The van der Waals surface area contributed by atoms with Crippen molar-refractivity contribution in [2.24, 2.45) is 164 Å². The van der Waals surface area contributed by atoms with E-state index in [2.05, 4.69) is 102 Å². The molecule has 0 spiro atoms. The molecule has 4 N–H and O–H groups in total. The minimum atomic E-state index is -0.409. The monoisotopic (exact) mass is 1760 g/mol. The van der Waals surface area contributed by atoms with Crippen molar-refractivity contribution in [2.75, 3.05) is 5.33 Å². The van der Waals surface area contributed by atoms with Gasteiger partial charge < -0.3 is 20.4 Å². The van der Waals surface area contributed by atoms with Crippen LogP contribution in [0.15, 0.2) is 73.1 Å². The Morgan fingerprint density at radius 3 is 1.06 bits per heavy atom. The molecule has 16 aliphatic carbocycles. The molecule has 0 radical (unpaired) electrons. The standard InChI is InChI=1S/3C28H39N3O2.C22H35BrO2/c1-3-28(33)13-11-19-18(15-28)6-7-21-20(19)10-12-27(2)22(21)8-9-23(27)26(32)17-31-16-25-24(30-31)5-4-14-29-25;1-3-28(33)15-13-19-18(16-28)8-9-21-20(19)12-14-27(2)22(21)10-11-23(27)26(32)17-31-25-7-5-4-6-24(25)29-30-31;1-3-28(33)15-13-19-18(16-28)8-9-21-20(19)12-14-27(2)22(21)10-11-23(27)26(32)17-31-29-24-6-4-5-7-25(24)30-31;1-3-22(25)11-9-15-14(12-22)4-5-17-16(15)8-10-21(2)18(17)6-7-19(21)20(24)13-23/h4-5,14,16,18-23,33H,3,6-13,15,17H2,1-2H3;2*4-7,18-23,33H,3,8-17H2,1-2H3;14-19,25H,3-13H2,1-2H3/t3*18-,19-,20+,21+,22-,23+,27-,28+;14-,15-,16+,17+,18-,19+,21-,22+/m0000/s1. The van der Waals surface area contributed by atoms with E-state index in [1.54, 1.807) is 11.0 Å². The van der Waals surface area contributed by atoms with E-state index in [0.29, 0.717) is 83.6 Å². The van der Waals surface area contributed by atoms with Crippen molar-refractivity contribution in [3.63, 3.8) is 0 Å². The lowest BCUT2D eigenvalue weighted by Crippen LogP contribution is -2.51. The number of nitrogens with zero attached hydrogens (tertiary/aromatic N) is 9. The summed E-state index contributed by atoms with van der Waals surface area (Å²) in [5.74, 6) is 17.8. The number of halogens is 1. The molecule has 0 bridgehead atoms. The van der Waals surface area contributed by atoms with E-state index in [9.17, 15) is 39.6 Å². The van der Waals surface area contributed by atoms with Crippen molar-refractivity contribution in [1.29, 1.82) is 0 Å². The Bertz CT molecular complexity index is 4610. The third-order valence-electron chi connectivity index (χ3n) is 41.7. The van der Waals surface area contributed by atoms with Gasteiger partial charge in [-0.05, 0) is 433 Å². The summed E-state index contributed by atoms with van der Waals surface area (Å²) in [6.45, 7) is 19.4. The van der Waals surface area contributed by atoms with Crippen molar-refractivity contribution in [2.45, 2.75) is 354 Å². The second-order valence-electron chi connectivity index (χ2n) is 46.4. The highest BCUT2D eigenvalue weighted by Gasteiger charge is 2.65. The largest absolute Gasteiger partial charge is 0.390 e. The normalized spacial score (nSPS) is 44.5. The van der Waals surface area contributed by atoms with Crippen LogP contribution in [0.2, 0.25) is 0 Å². The first-order valence-corrected chi connectivity index (χ1v) is 52.2. The topological polar surface area (TPSA) is 241 Å². The average Bonchev–Trinajstić information content (AvgIpc) is 1.52. The summed E-state index contributed by atoms with van der Waals surface area (Å²) in [4.78, 5) is 59.1. The Morgan fingerprint density at radius 2 is 0.685 bits per heavy atom. The van der Waals surface area contributed by atoms with E-state index >= 15 is 0 Å². The predicted octanol–water partition coefficient (Wildman–Crippen LogP) is 21.6. The molecule has 0 unspecified atom stereocenters. The van der Waals surface area contributed by atoms with Crippen LogP contribution in [-0.2, 0) is 38.8 Å². The first-order chi connectivity index (χ1) is 59.6. The maximum Gasteiger partial charge on any atom is 0.159 e. The smallest absolute Gasteiger partial charge is 0.159 e. The Labute approximate surface area is 748 Å². The summed E-state index contributed by atoms with van der Waals surface area (Å²) in [6, 6.07) is 19.6. The quantitative estimate of drug-likeness (QED) is 0.0699. The third kappa shape index (κ3) is 15.8. The SMILES string of the molecule is CC[C@@]1(O)CC[C@H]2[C@@H](CC[C@@H]3[C@@H]2CC[C@]2(C)[C@@H](C(=O)CBr)CC[C@@H]32)C1.CC[C@@]1(O)CC[C@H]2[C@@H](CC[C@@H]3[C@@H]2CC[C@]2(C)[C@@H](C(=O)Cn4cc5ncccc5n4)CC[C@@H]32)C1.CC[C@@]1(O)CC[C@H]2[C@@H](CC[C@@H]3[C@@H]2CC[C@]2(C)[C@@H](C(=O)Cn4nc5ccccc5n4)CC[C@@H]32)C1.CC[C@@]1(O)CC[C@H]2[C@@H](CC[C@@H]3[C@@H]2CC[C@]2(C)[C@@H](C(=O)Cn4nnc5ccccc54)CC[C@@H]32)C1. The predicted molar refractivity (Wildman–Crippen MR) is 490 cm³/mol. The summed E-state index contributed by atoms with van der Waals surface area (Å²) in [7, 11) is 0. The van der Waals surface area contributed by atoms with Gasteiger partial charge in [0.2, 0.25) is 0 Å². The highest BCUT2D eigenvalue weighted by atomic mass is 79.9. The van der Waals surface area contributed by atoms with Gasteiger partial charge in [-0.2, -0.15) is 20.1 Å². The fraction of sp³-hybridized carbons (Fsp3) is 0.792. The van der Waals surface area contributed by atoms with Crippen LogP contribution < -0.4 is 0 Å². The molecule has 0 amide bonds. The van der Waals surface area contributed by atoms with Crippen LogP contribution in [0.1, 0.15) is 312 Å². The molecule has 4 heterocycles. The molecule has 17 nitrogen and oxygen atoms in total. The Hall–Kier alpha value is -5.14. The number of benzene rings is 2. The number of rotatable bonds is 15. The maximum atomic E-state index is 13.6. The van der Waals surface area contributed by atoms with E-state index < -0.39 is 16.8 Å².